The molecule has 1 aliphatic rings. The number of hydrogen-bond acceptors (Lipinski definition) is 3. The van der Waals surface area contributed by atoms with Gasteiger partial charge in [0.1, 0.15) is 5.75 Å². The second kappa shape index (κ2) is 5.88. The summed E-state index contributed by atoms with van der Waals surface area (Å²) in [4.78, 5) is 14.6. The molecule has 0 saturated carbocycles. The second-order valence-corrected chi connectivity index (χ2v) is 6.04. The Bertz CT molecular complexity index is 521. The topological polar surface area (TPSA) is 66.6 Å². The van der Waals surface area contributed by atoms with Crippen molar-refractivity contribution in [2.75, 3.05) is 13.1 Å². The van der Waals surface area contributed by atoms with E-state index in [0.29, 0.717) is 23.6 Å². The van der Waals surface area contributed by atoms with E-state index in [1.165, 1.54) is 6.07 Å². The summed E-state index contributed by atoms with van der Waals surface area (Å²) in [5.41, 5.74) is 5.96. The smallest absolute Gasteiger partial charge is 0.257 e. The first-order chi connectivity index (χ1) is 8.99. The minimum Gasteiger partial charge on any atom is -0.507 e. The first-order valence-electron chi connectivity index (χ1n) is 6.06. The number of carbonyl (C=O) groups is 1. The lowest BCUT2D eigenvalue weighted by Gasteiger charge is -2.32. The van der Waals surface area contributed by atoms with Crippen molar-refractivity contribution < 1.29 is 9.90 Å². The van der Waals surface area contributed by atoms with Gasteiger partial charge < -0.3 is 15.7 Å². The third-order valence-corrected chi connectivity index (χ3v) is 4.13. The molecular weight excluding hydrogens is 328 g/mol. The number of hydrogen-bond donors (Lipinski definition) is 2. The first kappa shape index (κ1) is 14.3. The molecular formula is C13H15BrN2O2S. The van der Waals surface area contributed by atoms with Crippen LogP contribution in [-0.4, -0.2) is 34.0 Å². The first-order valence-corrected chi connectivity index (χ1v) is 7.26. The van der Waals surface area contributed by atoms with Crippen molar-refractivity contribution in [3.63, 3.8) is 0 Å². The number of carbonyl (C=O) groups excluding carboxylic acids is 1. The van der Waals surface area contributed by atoms with Crippen LogP contribution >= 0.6 is 28.1 Å². The largest absolute Gasteiger partial charge is 0.507 e. The van der Waals surface area contributed by atoms with Crippen LogP contribution in [0.15, 0.2) is 22.7 Å². The highest BCUT2D eigenvalue weighted by molar-refractivity contribution is 9.10. The number of likely N-dealkylation sites (tertiary alicyclic amines) is 1. The summed E-state index contributed by atoms with van der Waals surface area (Å²) in [6, 6.07) is 4.83. The van der Waals surface area contributed by atoms with Crippen LogP contribution < -0.4 is 5.73 Å². The number of aromatic hydroxyl groups is 1. The molecule has 3 N–H and O–H groups in total. The van der Waals surface area contributed by atoms with E-state index < -0.39 is 0 Å². The van der Waals surface area contributed by atoms with Crippen molar-refractivity contribution >= 4 is 39.0 Å². The van der Waals surface area contributed by atoms with Gasteiger partial charge in [-0.3, -0.25) is 4.79 Å². The summed E-state index contributed by atoms with van der Waals surface area (Å²) < 4.78 is 0.761. The van der Waals surface area contributed by atoms with Crippen LogP contribution in [0.25, 0.3) is 0 Å². The average Bonchev–Trinajstić information content (AvgIpc) is 2.41. The summed E-state index contributed by atoms with van der Waals surface area (Å²) in [6.07, 6.45) is 1.80. The third kappa shape index (κ3) is 3.25. The van der Waals surface area contributed by atoms with Gasteiger partial charge in [0.2, 0.25) is 0 Å². The lowest BCUT2D eigenvalue weighted by molar-refractivity contribution is 0.0700. The molecule has 1 heterocycles. The Morgan fingerprint density at radius 1 is 1.53 bits per heavy atom. The Morgan fingerprint density at radius 2 is 2.26 bits per heavy atom. The predicted octanol–water partition coefficient (Wildman–Crippen LogP) is 2.29. The Hall–Kier alpha value is -1.14. The van der Waals surface area contributed by atoms with Gasteiger partial charge in [-0.1, -0.05) is 28.1 Å². The zero-order chi connectivity index (χ0) is 14.0. The van der Waals surface area contributed by atoms with Crippen LogP contribution in [0.1, 0.15) is 23.2 Å². The van der Waals surface area contributed by atoms with Gasteiger partial charge in [0, 0.05) is 23.5 Å². The lowest BCUT2D eigenvalue weighted by Crippen LogP contribution is -2.43. The molecule has 1 atom stereocenters. The molecule has 6 heteroatoms. The number of halogens is 1. The van der Waals surface area contributed by atoms with Crippen molar-refractivity contribution in [1.29, 1.82) is 0 Å². The van der Waals surface area contributed by atoms with E-state index in [4.69, 9.17) is 18.0 Å². The predicted molar refractivity (Wildman–Crippen MR) is 81.2 cm³/mol. The number of rotatable bonds is 2. The molecule has 4 nitrogen and oxygen atoms in total. The monoisotopic (exact) mass is 342 g/mol. The van der Waals surface area contributed by atoms with Crippen molar-refractivity contribution in [3.8, 4) is 5.75 Å². The molecule has 1 aliphatic heterocycles. The van der Waals surface area contributed by atoms with Crippen molar-refractivity contribution in [2.45, 2.75) is 12.8 Å². The number of thiocarbonyl (C=S) groups is 1. The normalized spacial score (nSPS) is 19.2. The maximum atomic E-state index is 12.4. The number of nitrogens with two attached hydrogens (primary N) is 1. The van der Waals surface area contributed by atoms with Gasteiger partial charge in [-0.2, -0.15) is 0 Å². The lowest BCUT2D eigenvalue weighted by atomic mass is 9.97. The van der Waals surface area contributed by atoms with Gasteiger partial charge in [-0.15, -0.1) is 0 Å². The van der Waals surface area contributed by atoms with Crippen molar-refractivity contribution in [3.05, 3.63) is 28.2 Å². The van der Waals surface area contributed by atoms with E-state index in [2.05, 4.69) is 15.9 Å². The molecule has 0 spiro atoms. The van der Waals surface area contributed by atoms with E-state index in [-0.39, 0.29) is 17.6 Å². The molecule has 1 saturated heterocycles. The number of benzene rings is 1. The summed E-state index contributed by atoms with van der Waals surface area (Å²) in [6.45, 7) is 1.20. The molecule has 1 aromatic carbocycles. The third-order valence-electron chi connectivity index (χ3n) is 3.30. The zero-order valence-electron chi connectivity index (χ0n) is 10.3. The minimum absolute atomic E-state index is 0.00866. The molecule has 0 bridgehead atoms. The number of nitrogens with zero attached hydrogens (tertiary/aromatic N) is 1. The Balaban J connectivity index is 2.19. The highest BCUT2D eigenvalue weighted by Crippen LogP contribution is 2.25. The van der Waals surface area contributed by atoms with Gasteiger partial charge in [-0.05, 0) is 31.0 Å². The molecule has 1 amide bonds. The number of phenolic OH excluding ortho intramolecular Hbond substituents is 1. The van der Waals surface area contributed by atoms with E-state index in [9.17, 15) is 9.90 Å². The van der Waals surface area contributed by atoms with Crippen LogP contribution in [0, 0.1) is 5.92 Å². The molecule has 0 radical (unpaired) electrons. The summed E-state index contributed by atoms with van der Waals surface area (Å²) in [7, 11) is 0. The summed E-state index contributed by atoms with van der Waals surface area (Å²) in [5, 5.41) is 9.79. The minimum atomic E-state index is -0.181. The van der Waals surface area contributed by atoms with Crippen LogP contribution in [0.5, 0.6) is 5.75 Å². The van der Waals surface area contributed by atoms with Gasteiger partial charge in [0.05, 0.1) is 10.6 Å². The van der Waals surface area contributed by atoms with E-state index >= 15 is 0 Å². The fourth-order valence-electron chi connectivity index (χ4n) is 2.24. The maximum Gasteiger partial charge on any atom is 0.257 e. The average molecular weight is 343 g/mol. The van der Waals surface area contributed by atoms with Crippen molar-refractivity contribution in [1.82, 2.24) is 4.90 Å². The van der Waals surface area contributed by atoms with Gasteiger partial charge >= 0.3 is 0 Å². The molecule has 19 heavy (non-hydrogen) atoms. The van der Waals surface area contributed by atoms with Crippen LogP contribution in [0.2, 0.25) is 0 Å². The highest BCUT2D eigenvalue weighted by Gasteiger charge is 2.27. The van der Waals surface area contributed by atoms with E-state index in [1.54, 1.807) is 17.0 Å². The molecule has 1 aromatic rings. The quantitative estimate of drug-likeness (QED) is 0.809. The van der Waals surface area contributed by atoms with Crippen LogP contribution in [0.4, 0.5) is 0 Å². The van der Waals surface area contributed by atoms with Gasteiger partial charge in [-0.25, -0.2) is 0 Å². The maximum absolute atomic E-state index is 12.4. The molecule has 1 unspecified atom stereocenters. The van der Waals surface area contributed by atoms with Crippen molar-refractivity contribution in [2.24, 2.45) is 11.7 Å². The number of piperidine rings is 1. The fraction of sp³-hybridized carbons (Fsp3) is 0.385. The SMILES string of the molecule is NC(=S)C1CCCN(C(=O)c2cc(Br)ccc2O)C1. The van der Waals surface area contributed by atoms with Crippen LogP contribution in [-0.2, 0) is 0 Å². The van der Waals surface area contributed by atoms with Gasteiger partial charge in [0.15, 0.2) is 0 Å². The molecule has 102 valence electrons. The standard InChI is InChI=1S/C13H15BrN2O2S/c14-9-3-4-11(17)10(6-9)13(18)16-5-1-2-8(7-16)12(15)19/h3-4,6,8,17H,1-2,5,7H2,(H2,15,19). The molecule has 0 aromatic heterocycles. The molecule has 1 fully saturated rings. The van der Waals surface area contributed by atoms with E-state index in [0.717, 1.165) is 17.3 Å². The summed E-state index contributed by atoms with van der Waals surface area (Å²) in [5.74, 6) is -0.118. The highest BCUT2D eigenvalue weighted by atomic mass is 79.9. The Kier molecular flexibility index (Phi) is 4.42. The number of amides is 1. The van der Waals surface area contributed by atoms with Crippen LogP contribution in [0.3, 0.4) is 0 Å². The second-order valence-electron chi connectivity index (χ2n) is 4.65. The number of phenols is 1. The Morgan fingerprint density at radius 3 is 2.95 bits per heavy atom. The zero-order valence-corrected chi connectivity index (χ0v) is 12.7. The molecule has 0 aliphatic carbocycles. The van der Waals surface area contributed by atoms with Gasteiger partial charge in [0.25, 0.3) is 5.91 Å². The summed E-state index contributed by atoms with van der Waals surface area (Å²) >= 11 is 8.30. The van der Waals surface area contributed by atoms with E-state index in [1.807, 2.05) is 0 Å². The fourth-order valence-corrected chi connectivity index (χ4v) is 2.80. The molecule has 2 rings (SSSR count). The Labute approximate surface area is 125 Å².